The van der Waals surface area contributed by atoms with Gasteiger partial charge in [0.15, 0.2) is 0 Å². The zero-order chi connectivity index (χ0) is 16.1. The van der Waals surface area contributed by atoms with Crippen LogP contribution in [0, 0.1) is 0 Å². The third kappa shape index (κ3) is 3.83. The Kier molecular flexibility index (Phi) is 5.12. The molecule has 0 fully saturated rings. The van der Waals surface area contributed by atoms with Crippen LogP contribution in [0.4, 0.5) is 0 Å². The van der Waals surface area contributed by atoms with Gasteiger partial charge in [-0.15, -0.1) is 0 Å². The van der Waals surface area contributed by atoms with Gasteiger partial charge in [0, 0.05) is 12.6 Å². The first-order chi connectivity index (χ1) is 10.5. The summed E-state index contributed by atoms with van der Waals surface area (Å²) in [6, 6.07) is 13.1. The molecule has 5 nitrogen and oxygen atoms in total. The molecular weight excluding hydrogens is 280 g/mol. The van der Waals surface area contributed by atoms with Crippen molar-refractivity contribution >= 4 is 5.97 Å². The topological polar surface area (TPSA) is 62.7 Å². The summed E-state index contributed by atoms with van der Waals surface area (Å²) in [4.78, 5) is 17.2. The molecule has 116 valence electrons. The van der Waals surface area contributed by atoms with Crippen molar-refractivity contribution in [3.63, 3.8) is 0 Å². The number of pyridine rings is 1. The van der Waals surface area contributed by atoms with Gasteiger partial charge in [-0.05, 0) is 43.8 Å². The van der Waals surface area contributed by atoms with Crippen molar-refractivity contribution in [2.24, 2.45) is 0 Å². The summed E-state index contributed by atoms with van der Waals surface area (Å²) < 4.78 is 5.25. The van der Waals surface area contributed by atoms with E-state index in [0.717, 1.165) is 17.0 Å². The second kappa shape index (κ2) is 7.04. The standard InChI is InChI=1S/C17H20N2O3/c1-12(13-6-4-8-15(10-13)22-3)19(2)11-14-7-5-9-16(18-14)17(20)21/h4-10,12H,11H2,1-3H3,(H,20,21)/t12-/m0/s1. The molecule has 0 aliphatic heterocycles. The number of rotatable bonds is 6. The van der Waals surface area contributed by atoms with Crippen LogP contribution in [0.3, 0.4) is 0 Å². The SMILES string of the molecule is COc1cccc([C@H](C)N(C)Cc2cccc(C(=O)O)n2)c1. The smallest absolute Gasteiger partial charge is 0.354 e. The van der Waals surface area contributed by atoms with E-state index in [1.54, 1.807) is 13.2 Å². The molecular formula is C17H20N2O3. The lowest BCUT2D eigenvalue weighted by Gasteiger charge is -2.25. The zero-order valence-electron chi connectivity index (χ0n) is 13.0. The van der Waals surface area contributed by atoms with E-state index in [9.17, 15) is 4.79 Å². The van der Waals surface area contributed by atoms with Crippen LogP contribution in [0.1, 0.15) is 34.7 Å². The van der Waals surface area contributed by atoms with Gasteiger partial charge in [0.05, 0.1) is 12.8 Å². The summed E-state index contributed by atoms with van der Waals surface area (Å²) in [6.07, 6.45) is 0. The van der Waals surface area contributed by atoms with E-state index in [1.165, 1.54) is 6.07 Å². The molecule has 5 heteroatoms. The van der Waals surface area contributed by atoms with Crippen molar-refractivity contribution in [1.82, 2.24) is 9.88 Å². The lowest BCUT2D eigenvalue weighted by atomic mass is 10.1. The van der Waals surface area contributed by atoms with Gasteiger partial charge in [-0.2, -0.15) is 0 Å². The third-order valence-corrected chi connectivity index (χ3v) is 3.67. The van der Waals surface area contributed by atoms with Crippen LogP contribution in [0.5, 0.6) is 5.75 Å². The maximum Gasteiger partial charge on any atom is 0.354 e. The average Bonchev–Trinajstić information content (AvgIpc) is 2.54. The molecule has 1 N–H and O–H groups in total. The van der Waals surface area contributed by atoms with Gasteiger partial charge in [-0.25, -0.2) is 9.78 Å². The van der Waals surface area contributed by atoms with Gasteiger partial charge in [0.2, 0.25) is 0 Å². The normalized spacial score (nSPS) is 12.2. The molecule has 1 heterocycles. The van der Waals surface area contributed by atoms with Crippen molar-refractivity contribution < 1.29 is 14.6 Å². The number of carboxylic acid groups (broad SMARTS) is 1. The van der Waals surface area contributed by atoms with Gasteiger partial charge in [0.1, 0.15) is 11.4 Å². The maximum absolute atomic E-state index is 11.0. The number of nitrogens with zero attached hydrogens (tertiary/aromatic N) is 2. The van der Waals surface area contributed by atoms with Crippen LogP contribution in [-0.2, 0) is 6.54 Å². The Hall–Kier alpha value is -2.40. The van der Waals surface area contributed by atoms with Crippen molar-refractivity contribution in [2.75, 3.05) is 14.2 Å². The summed E-state index contributed by atoms with van der Waals surface area (Å²) in [5.74, 6) is -0.186. The number of ether oxygens (including phenoxy) is 1. The van der Waals surface area contributed by atoms with Crippen LogP contribution < -0.4 is 4.74 Å². The van der Waals surface area contributed by atoms with E-state index >= 15 is 0 Å². The zero-order valence-corrected chi connectivity index (χ0v) is 13.0. The van der Waals surface area contributed by atoms with Gasteiger partial charge >= 0.3 is 5.97 Å². The first-order valence-electron chi connectivity index (χ1n) is 7.04. The predicted octanol–water partition coefficient (Wildman–Crippen LogP) is 2.98. The minimum atomic E-state index is -1.01. The highest BCUT2D eigenvalue weighted by Crippen LogP contribution is 2.23. The molecule has 2 aromatic rings. The highest BCUT2D eigenvalue weighted by molar-refractivity contribution is 5.85. The number of aromatic nitrogens is 1. The Morgan fingerprint density at radius 3 is 2.73 bits per heavy atom. The molecule has 0 spiro atoms. The minimum absolute atomic E-state index is 0.0694. The minimum Gasteiger partial charge on any atom is -0.497 e. The molecule has 0 saturated carbocycles. The van der Waals surface area contributed by atoms with E-state index in [0.29, 0.717) is 6.54 Å². The molecule has 1 atom stereocenters. The van der Waals surface area contributed by atoms with Gasteiger partial charge in [-0.3, -0.25) is 4.90 Å². The van der Waals surface area contributed by atoms with E-state index in [4.69, 9.17) is 9.84 Å². The van der Waals surface area contributed by atoms with E-state index in [-0.39, 0.29) is 11.7 Å². The molecule has 0 saturated heterocycles. The summed E-state index contributed by atoms with van der Waals surface area (Å²) in [7, 11) is 3.63. The quantitative estimate of drug-likeness (QED) is 0.888. The highest BCUT2D eigenvalue weighted by Gasteiger charge is 2.14. The summed E-state index contributed by atoms with van der Waals surface area (Å²) >= 11 is 0. The van der Waals surface area contributed by atoms with Crippen molar-refractivity contribution in [3.8, 4) is 5.75 Å². The lowest BCUT2D eigenvalue weighted by molar-refractivity contribution is 0.0690. The van der Waals surface area contributed by atoms with Gasteiger partial charge < -0.3 is 9.84 Å². The first-order valence-corrected chi connectivity index (χ1v) is 7.04. The number of methoxy groups -OCH3 is 1. The number of hydrogen-bond donors (Lipinski definition) is 1. The largest absolute Gasteiger partial charge is 0.497 e. The third-order valence-electron chi connectivity index (χ3n) is 3.67. The van der Waals surface area contributed by atoms with Crippen LogP contribution in [0.25, 0.3) is 0 Å². The fourth-order valence-corrected chi connectivity index (χ4v) is 2.24. The molecule has 0 radical (unpaired) electrons. The number of carboxylic acids is 1. The highest BCUT2D eigenvalue weighted by atomic mass is 16.5. The Morgan fingerprint density at radius 2 is 2.05 bits per heavy atom. The van der Waals surface area contributed by atoms with Crippen LogP contribution in [0.15, 0.2) is 42.5 Å². The second-order valence-corrected chi connectivity index (χ2v) is 5.19. The van der Waals surface area contributed by atoms with Crippen LogP contribution in [-0.4, -0.2) is 35.1 Å². The molecule has 1 aromatic carbocycles. The Balaban J connectivity index is 2.12. The second-order valence-electron chi connectivity index (χ2n) is 5.19. The average molecular weight is 300 g/mol. The van der Waals surface area contributed by atoms with E-state index < -0.39 is 5.97 Å². The fraction of sp³-hybridized carbons (Fsp3) is 0.294. The van der Waals surface area contributed by atoms with E-state index in [1.807, 2.05) is 37.4 Å². The monoisotopic (exact) mass is 300 g/mol. The first kappa shape index (κ1) is 16.0. The molecule has 0 amide bonds. The number of aromatic carboxylic acids is 1. The predicted molar refractivity (Wildman–Crippen MR) is 84.1 cm³/mol. The Bertz CT molecular complexity index is 658. The molecule has 2 rings (SSSR count). The van der Waals surface area contributed by atoms with Gasteiger partial charge in [-0.1, -0.05) is 18.2 Å². The molecule has 0 unspecified atom stereocenters. The molecule has 0 aliphatic rings. The van der Waals surface area contributed by atoms with Crippen LogP contribution in [0.2, 0.25) is 0 Å². The summed E-state index contributed by atoms with van der Waals surface area (Å²) in [5.41, 5.74) is 1.94. The Labute approximate surface area is 130 Å². The maximum atomic E-state index is 11.0. The number of carbonyl (C=O) groups is 1. The number of benzene rings is 1. The molecule has 1 aromatic heterocycles. The summed E-state index contributed by atoms with van der Waals surface area (Å²) in [5, 5.41) is 9.00. The fourth-order valence-electron chi connectivity index (χ4n) is 2.24. The van der Waals surface area contributed by atoms with Crippen molar-refractivity contribution in [2.45, 2.75) is 19.5 Å². The van der Waals surface area contributed by atoms with Crippen molar-refractivity contribution in [1.29, 1.82) is 0 Å². The Morgan fingerprint density at radius 1 is 1.32 bits per heavy atom. The molecule has 0 aliphatic carbocycles. The van der Waals surface area contributed by atoms with E-state index in [2.05, 4.69) is 16.8 Å². The molecule has 22 heavy (non-hydrogen) atoms. The molecule has 0 bridgehead atoms. The number of hydrogen-bond acceptors (Lipinski definition) is 4. The van der Waals surface area contributed by atoms with Crippen LogP contribution >= 0.6 is 0 Å². The van der Waals surface area contributed by atoms with Crippen molar-refractivity contribution in [3.05, 3.63) is 59.4 Å². The van der Waals surface area contributed by atoms with Gasteiger partial charge in [0.25, 0.3) is 0 Å². The lowest BCUT2D eigenvalue weighted by Crippen LogP contribution is -2.22. The summed E-state index contributed by atoms with van der Waals surface area (Å²) in [6.45, 7) is 2.66.